The lowest BCUT2D eigenvalue weighted by atomic mass is 9.97. The number of amides is 1. The van der Waals surface area contributed by atoms with Crippen molar-refractivity contribution in [2.45, 2.75) is 51.7 Å². The molecule has 35 heavy (non-hydrogen) atoms. The maximum absolute atomic E-state index is 12.7. The first-order chi connectivity index (χ1) is 17.0. The third kappa shape index (κ3) is 5.39. The maximum atomic E-state index is 12.7. The third-order valence-corrected chi connectivity index (χ3v) is 7.83. The van der Waals surface area contributed by atoms with Gasteiger partial charge in [0.25, 0.3) is 11.1 Å². The zero-order valence-corrected chi connectivity index (χ0v) is 21.5. The molecule has 8 heteroatoms. The van der Waals surface area contributed by atoms with Crippen molar-refractivity contribution in [3.63, 3.8) is 0 Å². The number of benzene rings is 2. The number of nitrogens with one attached hydrogen (secondary N) is 1. The summed E-state index contributed by atoms with van der Waals surface area (Å²) >= 11 is 2.79. The molecule has 0 aliphatic carbocycles. The Kier molecular flexibility index (Phi) is 6.83. The molecule has 180 valence electrons. The highest BCUT2D eigenvalue weighted by molar-refractivity contribution is 7.15. The molecule has 3 heterocycles. The van der Waals surface area contributed by atoms with E-state index in [1.807, 2.05) is 48.7 Å². The lowest BCUT2D eigenvalue weighted by Gasteiger charge is -2.26. The summed E-state index contributed by atoms with van der Waals surface area (Å²) in [6.45, 7) is 6.16. The van der Waals surface area contributed by atoms with E-state index in [-0.39, 0.29) is 18.1 Å². The summed E-state index contributed by atoms with van der Waals surface area (Å²) in [5.41, 5.74) is 3.35. The smallest absolute Gasteiger partial charge is 0.279 e. The van der Waals surface area contributed by atoms with Crippen LogP contribution in [0.2, 0.25) is 0 Å². The van der Waals surface area contributed by atoms with Crippen molar-refractivity contribution in [1.82, 2.24) is 15.3 Å². The van der Waals surface area contributed by atoms with Crippen molar-refractivity contribution < 1.29 is 14.3 Å². The number of thiazole rings is 2. The molecule has 0 saturated heterocycles. The van der Waals surface area contributed by atoms with Crippen molar-refractivity contribution in [3.8, 4) is 16.7 Å². The van der Waals surface area contributed by atoms with Crippen LogP contribution < -0.4 is 14.8 Å². The molecule has 1 aliphatic heterocycles. The summed E-state index contributed by atoms with van der Waals surface area (Å²) in [6, 6.07) is 15.9. The highest BCUT2D eigenvalue weighted by atomic mass is 32.1. The summed E-state index contributed by atoms with van der Waals surface area (Å²) in [5.74, 6) is 1.75. The Morgan fingerprint density at radius 2 is 2.00 bits per heavy atom. The van der Waals surface area contributed by atoms with Gasteiger partial charge in [0.2, 0.25) is 0 Å². The van der Waals surface area contributed by atoms with Gasteiger partial charge < -0.3 is 14.8 Å². The Bertz CT molecular complexity index is 1320. The van der Waals surface area contributed by atoms with E-state index in [0.717, 1.165) is 34.9 Å². The minimum absolute atomic E-state index is 0.0687. The van der Waals surface area contributed by atoms with Gasteiger partial charge in [0.05, 0.1) is 17.9 Å². The molecule has 1 aliphatic rings. The Morgan fingerprint density at radius 3 is 2.77 bits per heavy atom. The van der Waals surface area contributed by atoms with Crippen molar-refractivity contribution in [1.29, 1.82) is 0 Å². The summed E-state index contributed by atoms with van der Waals surface area (Å²) in [5, 5.41) is 6.38. The molecule has 1 N–H and O–H groups in total. The van der Waals surface area contributed by atoms with Gasteiger partial charge in [-0.1, -0.05) is 55.5 Å². The number of hydrogen-bond acceptors (Lipinski definition) is 7. The number of carbonyl (C=O) groups is 1. The second kappa shape index (κ2) is 10.2. The Balaban J connectivity index is 1.21. The SMILES string of the molecule is CC(C)c1csc([C@H](C)NC(=O)c2cnc(Oc3ccc4c(c3)CCC(c3ccccc3)O4)s2)n1. The second-order valence-corrected chi connectivity index (χ2v) is 10.8. The van der Waals surface area contributed by atoms with E-state index >= 15 is 0 Å². The van der Waals surface area contributed by atoms with Gasteiger partial charge in [-0.25, -0.2) is 9.97 Å². The van der Waals surface area contributed by atoms with Crippen molar-refractivity contribution in [3.05, 3.63) is 86.8 Å². The monoisotopic (exact) mass is 505 g/mol. The van der Waals surface area contributed by atoms with Crippen LogP contribution in [0.25, 0.3) is 0 Å². The van der Waals surface area contributed by atoms with E-state index in [0.29, 0.717) is 21.7 Å². The molecule has 0 saturated carbocycles. The van der Waals surface area contributed by atoms with E-state index in [1.165, 1.54) is 16.9 Å². The van der Waals surface area contributed by atoms with Crippen LogP contribution in [0.5, 0.6) is 16.7 Å². The summed E-state index contributed by atoms with van der Waals surface area (Å²) < 4.78 is 12.2. The van der Waals surface area contributed by atoms with Crippen LogP contribution in [0.1, 0.15) is 76.8 Å². The van der Waals surface area contributed by atoms with Crippen LogP contribution in [-0.2, 0) is 6.42 Å². The van der Waals surface area contributed by atoms with Crippen molar-refractivity contribution in [2.24, 2.45) is 0 Å². The molecule has 1 unspecified atom stereocenters. The van der Waals surface area contributed by atoms with E-state index in [9.17, 15) is 4.79 Å². The Labute approximate surface area is 213 Å². The molecule has 4 aromatic rings. The first kappa shape index (κ1) is 23.5. The Morgan fingerprint density at radius 1 is 1.17 bits per heavy atom. The second-order valence-electron chi connectivity index (χ2n) is 8.88. The van der Waals surface area contributed by atoms with Crippen molar-refractivity contribution in [2.75, 3.05) is 0 Å². The van der Waals surface area contributed by atoms with E-state index in [2.05, 4.69) is 41.3 Å². The van der Waals surface area contributed by atoms with Crippen LogP contribution in [-0.4, -0.2) is 15.9 Å². The summed E-state index contributed by atoms with van der Waals surface area (Å²) in [7, 11) is 0. The fourth-order valence-corrected chi connectivity index (χ4v) is 5.61. The predicted molar refractivity (Wildman–Crippen MR) is 139 cm³/mol. The molecular formula is C27H27N3O3S2. The Hall–Kier alpha value is -3.23. The topological polar surface area (TPSA) is 73.3 Å². The van der Waals surface area contributed by atoms with Gasteiger partial charge in [-0.05, 0) is 55.0 Å². The number of aryl methyl sites for hydroxylation is 1. The number of aromatic nitrogens is 2. The fourth-order valence-electron chi connectivity index (χ4n) is 3.94. The molecule has 2 aromatic carbocycles. The molecule has 0 spiro atoms. The molecular weight excluding hydrogens is 478 g/mol. The maximum Gasteiger partial charge on any atom is 0.279 e. The van der Waals surface area contributed by atoms with Crippen LogP contribution >= 0.6 is 22.7 Å². The van der Waals surface area contributed by atoms with Gasteiger partial charge in [-0.15, -0.1) is 11.3 Å². The summed E-state index contributed by atoms with van der Waals surface area (Å²) in [6.07, 6.45) is 3.44. The van der Waals surface area contributed by atoms with Crippen LogP contribution in [0.3, 0.4) is 0 Å². The van der Waals surface area contributed by atoms with Crippen LogP contribution in [0.4, 0.5) is 0 Å². The zero-order chi connectivity index (χ0) is 24.4. The van der Waals surface area contributed by atoms with Crippen LogP contribution in [0, 0.1) is 0 Å². The predicted octanol–water partition coefficient (Wildman–Crippen LogP) is 7.07. The molecule has 1 amide bonds. The standard InChI is InChI=1S/C27H27N3O3S2/c1-16(2)21-15-34-26(30-21)17(3)29-25(31)24-14-28-27(35-24)32-20-10-12-23-19(13-20)9-11-22(33-23)18-7-5-4-6-8-18/h4-8,10,12-17,22H,9,11H2,1-3H3,(H,29,31)/t17-,22?/m0/s1. The first-order valence-electron chi connectivity index (χ1n) is 11.7. The van der Waals surface area contributed by atoms with Crippen LogP contribution in [0.15, 0.2) is 60.1 Å². The summed E-state index contributed by atoms with van der Waals surface area (Å²) in [4.78, 5) is 22.2. The van der Waals surface area contributed by atoms with Gasteiger partial charge in [0, 0.05) is 5.38 Å². The zero-order valence-electron chi connectivity index (χ0n) is 19.9. The minimum atomic E-state index is -0.183. The number of fused-ring (bicyclic) bond motifs is 1. The first-order valence-corrected chi connectivity index (χ1v) is 13.4. The van der Waals surface area contributed by atoms with Gasteiger partial charge in [-0.3, -0.25) is 4.79 Å². The fraction of sp³-hybridized carbons (Fsp3) is 0.296. The van der Waals surface area contributed by atoms with Gasteiger partial charge in [0.1, 0.15) is 27.5 Å². The molecule has 2 aromatic heterocycles. The van der Waals surface area contributed by atoms with E-state index in [4.69, 9.17) is 9.47 Å². The number of ether oxygens (including phenoxy) is 2. The molecule has 6 nitrogen and oxygen atoms in total. The number of rotatable bonds is 7. The van der Waals surface area contributed by atoms with Gasteiger partial charge in [-0.2, -0.15) is 0 Å². The minimum Gasteiger partial charge on any atom is -0.485 e. The van der Waals surface area contributed by atoms with E-state index < -0.39 is 0 Å². The van der Waals surface area contributed by atoms with E-state index in [1.54, 1.807) is 17.5 Å². The van der Waals surface area contributed by atoms with Crippen molar-refractivity contribution >= 4 is 28.6 Å². The largest absolute Gasteiger partial charge is 0.485 e. The molecule has 2 atom stereocenters. The van der Waals surface area contributed by atoms with Gasteiger partial charge in [0.15, 0.2) is 0 Å². The normalized spacial score (nSPS) is 15.8. The lowest BCUT2D eigenvalue weighted by molar-refractivity contribution is 0.0943. The highest BCUT2D eigenvalue weighted by Gasteiger charge is 2.22. The average Bonchev–Trinajstić information content (AvgIpc) is 3.55. The molecule has 5 rings (SSSR count). The lowest BCUT2D eigenvalue weighted by Crippen LogP contribution is -2.25. The number of hydrogen-bond donors (Lipinski definition) is 1. The number of nitrogens with zero attached hydrogens (tertiary/aromatic N) is 2. The number of carbonyl (C=O) groups excluding carboxylic acids is 1. The molecule has 0 fully saturated rings. The molecule has 0 bridgehead atoms. The molecule has 0 radical (unpaired) electrons. The average molecular weight is 506 g/mol. The highest BCUT2D eigenvalue weighted by Crippen LogP contribution is 2.38. The quantitative estimate of drug-likeness (QED) is 0.291. The van der Waals surface area contributed by atoms with Gasteiger partial charge >= 0.3 is 0 Å². The third-order valence-electron chi connectivity index (χ3n) is 5.91.